The molecule has 176 valence electrons. The number of nitrogens with zero attached hydrogens (tertiary/aromatic N) is 2. The predicted octanol–water partition coefficient (Wildman–Crippen LogP) is 5.73. The normalized spacial score (nSPS) is 11.6. The number of aryl methyl sites for hydroxylation is 1. The molecule has 0 aliphatic heterocycles. The number of halogens is 2. The van der Waals surface area contributed by atoms with E-state index >= 15 is 0 Å². The highest BCUT2D eigenvalue weighted by Crippen LogP contribution is 2.26. The van der Waals surface area contributed by atoms with Gasteiger partial charge in [-0.15, -0.1) is 0 Å². The van der Waals surface area contributed by atoms with E-state index in [2.05, 4.69) is 20.8 Å². The zero-order valence-electron chi connectivity index (χ0n) is 19.5. The maximum absolute atomic E-state index is 14.3. The molecule has 0 N–H and O–H groups in total. The number of ether oxygens (including phenoxy) is 2. The minimum absolute atomic E-state index is 0.0265. The Morgan fingerprint density at radius 3 is 2.58 bits per heavy atom. The SMILES string of the molecule is COCCOc1ccc(CC(=O)CCc2cc(C(C)(C)C)nn2-c2cccc(Cl)c2)cc1F. The Morgan fingerprint density at radius 2 is 1.91 bits per heavy atom. The summed E-state index contributed by atoms with van der Waals surface area (Å²) >= 11 is 6.18. The van der Waals surface area contributed by atoms with Crippen LogP contribution in [0.25, 0.3) is 5.69 Å². The highest BCUT2D eigenvalue weighted by Gasteiger charge is 2.21. The number of carbonyl (C=O) groups excluding carboxylic acids is 1. The summed E-state index contributed by atoms with van der Waals surface area (Å²) in [5.74, 6) is -0.299. The van der Waals surface area contributed by atoms with Gasteiger partial charge in [0.15, 0.2) is 11.6 Å². The van der Waals surface area contributed by atoms with E-state index in [0.29, 0.717) is 30.0 Å². The smallest absolute Gasteiger partial charge is 0.165 e. The van der Waals surface area contributed by atoms with Crippen LogP contribution in [0.5, 0.6) is 5.75 Å². The lowest BCUT2D eigenvalue weighted by Crippen LogP contribution is -2.12. The molecule has 0 spiro atoms. The van der Waals surface area contributed by atoms with Crippen LogP contribution in [0.2, 0.25) is 5.02 Å². The highest BCUT2D eigenvalue weighted by atomic mass is 35.5. The number of methoxy groups -OCH3 is 1. The molecule has 33 heavy (non-hydrogen) atoms. The van der Waals surface area contributed by atoms with E-state index in [9.17, 15) is 9.18 Å². The summed E-state index contributed by atoms with van der Waals surface area (Å²) in [6.07, 6.45) is 1.01. The van der Waals surface area contributed by atoms with Crippen molar-refractivity contribution in [2.24, 2.45) is 0 Å². The number of Topliss-reactive ketones (excluding diaryl/α,β-unsaturated/α-hetero) is 1. The molecule has 7 heteroatoms. The summed E-state index contributed by atoms with van der Waals surface area (Å²) in [5.41, 5.74) is 3.22. The topological polar surface area (TPSA) is 53.4 Å². The molecular weight excluding hydrogens is 443 g/mol. The lowest BCUT2D eigenvalue weighted by Gasteiger charge is -2.14. The molecule has 0 bridgehead atoms. The van der Waals surface area contributed by atoms with Crippen LogP contribution in [-0.4, -0.2) is 35.9 Å². The minimum atomic E-state index is -0.481. The van der Waals surface area contributed by atoms with Crippen LogP contribution in [0, 0.1) is 5.82 Å². The van der Waals surface area contributed by atoms with Crippen molar-refractivity contribution >= 4 is 17.4 Å². The first-order valence-electron chi connectivity index (χ1n) is 10.9. The van der Waals surface area contributed by atoms with E-state index in [1.165, 1.54) is 6.07 Å². The van der Waals surface area contributed by atoms with Crippen LogP contribution >= 0.6 is 11.6 Å². The zero-order chi connectivity index (χ0) is 24.0. The second-order valence-electron chi connectivity index (χ2n) is 8.98. The van der Waals surface area contributed by atoms with Gasteiger partial charge in [0.1, 0.15) is 12.4 Å². The molecule has 0 atom stereocenters. The summed E-state index contributed by atoms with van der Waals surface area (Å²) in [4.78, 5) is 12.7. The predicted molar refractivity (Wildman–Crippen MR) is 128 cm³/mol. The third-order valence-electron chi connectivity index (χ3n) is 5.21. The molecule has 0 unspecified atom stereocenters. The number of hydrogen-bond acceptors (Lipinski definition) is 4. The Morgan fingerprint density at radius 1 is 1.12 bits per heavy atom. The highest BCUT2D eigenvalue weighted by molar-refractivity contribution is 6.30. The van der Waals surface area contributed by atoms with Gasteiger partial charge in [-0.1, -0.05) is 44.5 Å². The molecule has 0 aliphatic carbocycles. The lowest BCUT2D eigenvalue weighted by molar-refractivity contribution is -0.118. The van der Waals surface area contributed by atoms with Gasteiger partial charge in [0.05, 0.1) is 18.0 Å². The molecule has 0 fully saturated rings. The van der Waals surface area contributed by atoms with Gasteiger partial charge in [0.25, 0.3) is 0 Å². The molecule has 0 radical (unpaired) electrons. The van der Waals surface area contributed by atoms with Gasteiger partial charge in [0, 0.05) is 36.1 Å². The fourth-order valence-corrected chi connectivity index (χ4v) is 3.57. The quantitative estimate of drug-likeness (QED) is 0.353. The maximum Gasteiger partial charge on any atom is 0.165 e. The van der Waals surface area contributed by atoms with Crippen molar-refractivity contribution in [1.29, 1.82) is 0 Å². The molecule has 0 amide bonds. The second-order valence-corrected chi connectivity index (χ2v) is 9.42. The molecule has 5 nitrogen and oxygen atoms in total. The van der Waals surface area contributed by atoms with Crippen LogP contribution in [0.15, 0.2) is 48.5 Å². The third-order valence-corrected chi connectivity index (χ3v) is 5.44. The minimum Gasteiger partial charge on any atom is -0.488 e. The van der Waals surface area contributed by atoms with Crippen molar-refractivity contribution in [1.82, 2.24) is 9.78 Å². The van der Waals surface area contributed by atoms with E-state index in [0.717, 1.165) is 17.1 Å². The van der Waals surface area contributed by atoms with Crippen molar-refractivity contribution in [2.45, 2.75) is 45.4 Å². The van der Waals surface area contributed by atoms with E-state index < -0.39 is 5.82 Å². The molecular formula is C26H30ClFN2O3. The maximum atomic E-state index is 14.3. The number of ketones is 1. The fourth-order valence-electron chi connectivity index (χ4n) is 3.39. The number of aromatic nitrogens is 2. The summed E-state index contributed by atoms with van der Waals surface area (Å²) < 4.78 is 26.4. The number of rotatable bonds is 10. The van der Waals surface area contributed by atoms with Crippen molar-refractivity contribution in [3.05, 3.63) is 76.3 Å². The van der Waals surface area contributed by atoms with Crippen LogP contribution in [0.3, 0.4) is 0 Å². The first-order valence-corrected chi connectivity index (χ1v) is 11.3. The molecule has 0 saturated heterocycles. The van der Waals surface area contributed by atoms with Crippen LogP contribution in [0.4, 0.5) is 4.39 Å². The Balaban J connectivity index is 1.69. The zero-order valence-corrected chi connectivity index (χ0v) is 20.3. The third kappa shape index (κ3) is 6.89. The summed E-state index contributed by atoms with van der Waals surface area (Å²) in [6, 6.07) is 14.2. The summed E-state index contributed by atoms with van der Waals surface area (Å²) in [5, 5.41) is 5.41. The van der Waals surface area contributed by atoms with Crippen LogP contribution < -0.4 is 4.74 Å². The first-order chi connectivity index (χ1) is 15.7. The van der Waals surface area contributed by atoms with Crippen molar-refractivity contribution in [2.75, 3.05) is 20.3 Å². The molecule has 0 saturated carbocycles. The lowest BCUT2D eigenvalue weighted by atomic mass is 9.92. The summed E-state index contributed by atoms with van der Waals surface area (Å²) in [7, 11) is 1.56. The Bertz CT molecular complexity index is 1110. The molecule has 1 aromatic heterocycles. The first kappa shape index (κ1) is 24.9. The Kier molecular flexibility index (Phi) is 8.27. The van der Waals surface area contributed by atoms with Gasteiger partial charge in [-0.25, -0.2) is 9.07 Å². The second kappa shape index (κ2) is 10.9. The number of hydrogen-bond donors (Lipinski definition) is 0. The van der Waals surface area contributed by atoms with Crippen LogP contribution in [-0.2, 0) is 27.8 Å². The van der Waals surface area contributed by atoms with Gasteiger partial charge in [-0.2, -0.15) is 5.10 Å². The van der Waals surface area contributed by atoms with Crippen molar-refractivity contribution in [3.63, 3.8) is 0 Å². The average molecular weight is 473 g/mol. The molecule has 3 aromatic rings. The van der Waals surface area contributed by atoms with Crippen molar-refractivity contribution < 1.29 is 18.7 Å². The van der Waals surface area contributed by atoms with Gasteiger partial charge in [-0.05, 0) is 48.4 Å². The monoisotopic (exact) mass is 472 g/mol. The molecule has 2 aromatic carbocycles. The Labute approximate surface area is 199 Å². The molecule has 1 heterocycles. The number of benzene rings is 2. The summed E-state index contributed by atoms with van der Waals surface area (Å²) in [6.45, 7) is 6.95. The number of carbonyl (C=O) groups is 1. The van der Waals surface area contributed by atoms with E-state index in [-0.39, 0.29) is 30.0 Å². The van der Waals surface area contributed by atoms with Gasteiger partial charge in [-0.3, -0.25) is 4.79 Å². The fraction of sp³-hybridized carbons (Fsp3) is 0.385. The Hall–Kier alpha value is -2.70. The van der Waals surface area contributed by atoms with Gasteiger partial charge < -0.3 is 9.47 Å². The standard InChI is InChI=1S/C26H30ClFN2O3/c1-26(2,3)25-17-21(30(29-25)20-7-5-6-19(27)16-20)9-10-22(31)14-18-8-11-24(23(28)15-18)33-13-12-32-4/h5-8,11,15-17H,9-10,12-14H2,1-4H3. The van der Waals surface area contributed by atoms with E-state index in [4.69, 9.17) is 26.2 Å². The van der Waals surface area contributed by atoms with Gasteiger partial charge in [0.2, 0.25) is 0 Å². The van der Waals surface area contributed by atoms with Crippen molar-refractivity contribution in [3.8, 4) is 11.4 Å². The molecule has 0 aliphatic rings. The largest absolute Gasteiger partial charge is 0.488 e. The van der Waals surface area contributed by atoms with Crippen LogP contribution in [0.1, 0.15) is 44.1 Å². The van der Waals surface area contributed by atoms with E-state index in [1.807, 2.05) is 35.0 Å². The average Bonchev–Trinajstić information content (AvgIpc) is 3.19. The van der Waals surface area contributed by atoms with Gasteiger partial charge >= 0.3 is 0 Å². The molecule has 3 rings (SSSR count). The van der Waals surface area contributed by atoms with E-state index in [1.54, 1.807) is 19.2 Å².